The third kappa shape index (κ3) is 3.97. The monoisotopic (exact) mass is 482 g/mol. The summed E-state index contributed by atoms with van der Waals surface area (Å²) in [6.45, 7) is 3.02. The van der Waals surface area contributed by atoms with Crippen LogP contribution in [0, 0.1) is 0 Å². The Bertz CT molecular complexity index is 1330. The molecule has 3 fully saturated rings. The lowest BCUT2D eigenvalue weighted by Crippen LogP contribution is -2.37. The highest BCUT2D eigenvalue weighted by Gasteiger charge is 2.53. The van der Waals surface area contributed by atoms with Crippen molar-refractivity contribution in [2.24, 2.45) is 0 Å². The second-order valence-electron chi connectivity index (χ2n) is 8.78. The Morgan fingerprint density at radius 2 is 2.12 bits per heavy atom. The van der Waals surface area contributed by atoms with Crippen LogP contribution in [0.25, 0.3) is 0 Å². The number of aryl methyl sites for hydroxylation is 1. The molecule has 178 valence electrons. The summed E-state index contributed by atoms with van der Waals surface area (Å²) in [5, 5.41) is 4.20. The zero-order valence-electron chi connectivity index (χ0n) is 19.0. The van der Waals surface area contributed by atoms with Gasteiger partial charge in [-0.3, -0.25) is 9.48 Å². The Labute approximate surface area is 198 Å². The largest absolute Gasteiger partial charge is 0.495 e. The van der Waals surface area contributed by atoms with E-state index >= 15 is 0 Å². The maximum Gasteiger partial charge on any atom is 0.283 e. The van der Waals surface area contributed by atoms with E-state index in [0.717, 1.165) is 24.0 Å². The third-order valence-electron chi connectivity index (χ3n) is 6.65. The second kappa shape index (κ2) is 8.52. The molecule has 2 bridgehead atoms. The van der Waals surface area contributed by atoms with Crippen LogP contribution >= 0.6 is 0 Å². The number of nitrogens with zero attached hydrogens (tertiary/aromatic N) is 3. The van der Waals surface area contributed by atoms with Gasteiger partial charge >= 0.3 is 0 Å². The number of rotatable bonds is 8. The standard InChI is InChI=1S/C24H26N4O5S/c1-3-19-16(14-28-10-4-9-25-28)5-7-20(26-19)23(29)27-34(30,31)22-11-17(6-8-21(22)32-2)24-12-18(13-24)33-15-24/h4-11,18H,3,12-15H2,1-2H3,(H,27,29). The fourth-order valence-electron chi connectivity index (χ4n) is 4.77. The molecule has 2 saturated heterocycles. The smallest absolute Gasteiger partial charge is 0.283 e. The van der Waals surface area contributed by atoms with E-state index in [2.05, 4.69) is 14.8 Å². The van der Waals surface area contributed by atoms with Crippen LogP contribution in [0.4, 0.5) is 0 Å². The summed E-state index contributed by atoms with van der Waals surface area (Å²) in [4.78, 5) is 17.3. The molecule has 34 heavy (non-hydrogen) atoms. The van der Waals surface area contributed by atoms with Crippen molar-refractivity contribution in [3.8, 4) is 5.75 Å². The zero-order valence-corrected chi connectivity index (χ0v) is 19.8. The highest BCUT2D eigenvalue weighted by Crippen LogP contribution is 2.52. The first kappa shape index (κ1) is 22.5. The number of benzene rings is 1. The summed E-state index contributed by atoms with van der Waals surface area (Å²) in [6, 6.07) is 10.2. The van der Waals surface area contributed by atoms with Crippen LogP contribution in [0.5, 0.6) is 5.75 Å². The maximum absolute atomic E-state index is 13.2. The van der Waals surface area contributed by atoms with Crippen LogP contribution in [0.2, 0.25) is 0 Å². The first-order valence-corrected chi connectivity index (χ1v) is 12.7. The number of aromatic nitrogens is 3. The Balaban J connectivity index is 1.40. The number of nitrogens with one attached hydrogen (secondary N) is 1. The summed E-state index contributed by atoms with van der Waals surface area (Å²) in [5.74, 6) is -0.620. The number of carbonyl (C=O) groups excluding carboxylic acids is 1. The molecule has 2 aliphatic heterocycles. The van der Waals surface area contributed by atoms with E-state index in [9.17, 15) is 13.2 Å². The summed E-state index contributed by atoms with van der Waals surface area (Å²) < 4.78 is 41.4. The first-order valence-electron chi connectivity index (χ1n) is 11.2. The maximum atomic E-state index is 13.2. The number of fused-ring (bicyclic) bond motifs is 1. The number of amides is 1. The van der Waals surface area contributed by atoms with Crippen LogP contribution in [0.15, 0.2) is 53.7 Å². The average Bonchev–Trinajstić information content (AvgIpc) is 3.56. The van der Waals surface area contributed by atoms with Crippen LogP contribution in [0.1, 0.15) is 47.1 Å². The molecule has 6 rings (SSSR count). The van der Waals surface area contributed by atoms with E-state index in [-0.39, 0.29) is 27.9 Å². The SMILES string of the molecule is CCc1nc(C(=O)NS(=O)(=O)c2cc(C34COC(C3)C4)ccc2OC)ccc1Cn1cccn1. The number of pyridine rings is 1. The van der Waals surface area contributed by atoms with E-state index in [1.54, 1.807) is 29.1 Å². The minimum Gasteiger partial charge on any atom is -0.495 e. The molecule has 3 aromatic rings. The topological polar surface area (TPSA) is 112 Å². The van der Waals surface area contributed by atoms with Crippen LogP contribution in [-0.2, 0) is 33.1 Å². The highest BCUT2D eigenvalue weighted by atomic mass is 32.2. The molecule has 1 amide bonds. The minimum absolute atomic E-state index is 0.0318. The molecule has 0 atom stereocenters. The molecule has 1 aliphatic carbocycles. The van der Waals surface area contributed by atoms with Crippen LogP contribution in [0.3, 0.4) is 0 Å². The fourth-order valence-corrected chi connectivity index (χ4v) is 5.92. The van der Waals surface area contributed by atoms with E-state index in [1.807, 2.05) is 25.3 Å². The summed E-state index contributed by atoms with van der Waals surface area (Å²) >= 11 is 0. The van der Waals surface area contributed by atoms with Crippen LogP contribution in [-0.4, -0.2) is 48.9 Å². The molecule has 0 spiro atoms. The van der Waals surface area contributed by atoms with Crippen LogP contribution < -0.4 is 9.46 Å². The van der Waals surface area contributed by atoms with E-state index in [0.29, 0.717) is 25.3 Å². The van der Waals surface area contributed by atoms with Gasteiger partial charge in [0, 0.05) is 23.5 Å². The lowest BCUT2D eigenvalue weighted by atomic mass is 9.66. The van der Waals surface area contributed by atoms with E-state index < -0.39 is 15.9 Å². The number of ether oxygens (including phenoxy) is 2. The van der Waals surface area contributed by atoms with Gasteiger partial charge in [0.25, 0.3) is 15.9 Å². The minimum atomic E-state index is -4.20. The van der Waals surface area contributed by atoms with Crippen molar-refractivity contribution in [3.05, 3.63) is 71.3 Å². The lowest BCUT2D eigenvalue weighted by Gasteiger charge is -2.36. The molecule has 1 saturated carbocycles. The number of methoxy groups -OCH3 is 1. The van der Waals surface area contributed by atoms with Gasteiger partial charge in [-0.2, -0.15) is 5.10 Å². The van der Waals surface area contributed by atoms with Crippen molar-refractivity contribution >= 4 is 15.9 Å². The van der Waals surface area contributed by atoms with E-state index in [4.69, 9.17) is 9.47 Å². The Hall–Kier alpha value is -3.24. The molecule has 3 aliphatic rings. The normalized spacial score (nSPS) is 21.2. The quantitative estimate of drug-likeness (QED) is 0.525. The first-order chi connectivity index (χ1) is 16.3. The highest BCUT2D eigenvalue weighted by molar-refractivity contribution is 7.90. The Morgan fingerprint density at radius 1 is 1.29 bits per heavy atom. The molecular formula is C24H26N4O5S. The average molecular weight is 483 g/mol. The van der Waals surface area contributed by atoms with Gasteiger partial charge < -0.3 is 9.47 Å². The van der Waals surface area contributed by atoms with Crippen molar-refractivity contribution in [3.63, 3.8) is 0 Å². The van der Waals surface area contributed by atoms with Gasteiger partial charge in [0.2, 0.25) is 0 Å². The predicted octanol–water partition coefficient (Wildman–Crippen LogP) is 2.45. The molecule has 9 nitrogen and oxygen atoms in total. The second-order valence-corrected chi connectivity index (χ2v) is 10.4. The fraction of sp³-hybridized carbons (Fsp3) is 0.375. The van der Waals surface area contributed by atoms with Gasteiger partial charge in [0.1, 0.15) is 16.3 Å². The summed E-state index contributed by atoms with van der Waals surface area (Å²) in [7, 11) is -2.80. The van der Waals surface area contributed by atoms with Crippen molar-refractivity contribution in [1.29, 1.82) is 0 Å². The van der Waals surface area contributed by atoms with Crippen molar-refractivity contribution in [2.45, 2.75) is 49.1 Å². The predicted molar refractivity (Wildman–Crippen MR) is 123 cm³/mol. The van der Waals surface area contributed by atoms with Gasteiger partial charge in [0.05, 0.1) is 26.4 Å². The molecule has 0 radical (unpaired) electrons. The number of sulfonamides is 1. The molecule has 1 aromatic carbocycles. The van der Waals surface area contributed by atoms with Crippen molar-refractivity contribution in [1.82, 2.24) is 19.5 Å². The number of hydrogen-bond acceptors (Lipinski definition) is 7. The molecule has 0 unspecified atom stereocenters. The van der Waals surface area contributed by atoms with Gasteiger partial charge in [-0.05, 0) is 54.7 Å². The third-order valence-corrected chi connectivity index (χ3v) is 8.00. The van der Waals surface area contributed by atoms with Gasteiger partial charge in [-0.15, -0.1) is 0 Å². The lowest BCUT2D eigenvalue weighted by molar-refractivity contribution is 0.0976. The summed E-state index contributed by atoms with van der Waals surface area (Å²) in [5.41, 5.74) is 2.37. The van der Waals surface area contributed by atoms with Gasteiger partial charge in [0.15, 0.2) is 0 Å². The molecule has 4 heterocycles. The summed E-state index contributed by atoms with van der Waals surface area (Å²) in [6.07, 6.45) is 6.12. The van der Waals surface area contributed by atoms with Crippen molar-refractivity contribution < 1.29 is 22.7 Å². The Morgan fingerprint density at radius 3 is 2.76 bits per heavy atom. The van der Waals surface area contributed by atoms with Gasteiger partial charge in [-0.1, -0.05) is 19.1 Å². The Kier molecular flexibility index (Phi) is 5.65. The molecule has 10 heteroatoms. The molecule has 2 aromatic heterocycles. The number of hydrogen-bond donors (Lipinski definition) is 1. The van der Waals surface area contributed by atoms with Crippen molar-refractivity contribution in [2.75, 3.05) is 13.7 Å². The van der Waals surface area contributed by atoms with E-state index in [1.165, 1.54) is 13.2 Å². The molecular weight excluding hydrogens is 456 g/mol. The molecule has 1 N–H and O–H groups in total. The number of carbonyl (C=O) groups is 1. The van der Waals surface area contributed by atoms with Gasteiger partial charge in [-0.25, -0.2) is 18.1 Å². The zero-order chi connectivity index (χ0) is 23.9.